The summed E-state index contributed by atoms with van der Waals surface area (Å²) in [6.07, 6.45) is 1.34. The highest BCUT2D eigenvalue weighted by molar-refractivity contribution is 5.79. The van der Waals surface area contributed by atoms with Crippen LogP contribution >= 0.6 is 0 Å². The third-order valence-corrected chi connectivity index (χ3v) is 3.01. The number of hydrogen-bond donors (Lipinski definition) is 2. The molecule has 0 radical (unpaired) electrons. The van der Waals surface area contributed by atoms with Gasteiger partial charge in [0, 0.05) is 25.6 Å². The summed E-state index contributed by atoms with van der Waals surface area (Å²) in [6, 6.07) is 0. The molecule has 3 nitrogen and oxygen atoms in total. The van der Waals surface area contributed by atoms with Crippen molar-refractivity contribution in [1.82, 2.24) is 4.90 Å². The fraction of sp³-hybridized carbons (Fsp3) is 0.909. The van der Waals surface area contributed by atoms with E-state index in [0.717, 1.165) is 18.4 Å². The Morgan fingerprint density at radius 1 is 1.43 bits per heavy atom. The molecule has 0 aliphatic carbocycles. The van der Waals surface area contributed by atoms with Gasteiger partial charge < -0.3 is 10.6 Å². The number of nitrogens with two attached hydrogens (primary N) is 1. The van der Waals surface area contributed by atoms with Crippen LogP contribution in [0.1, 0.15) is 27.2 Å². The van der Waals surface area contributed by atoms with Gasteiger partial charge in [-0.3, -0.25) is 5.41 Å². The Balaban J connectivity index is 2.40. The van der Waals surface area contributed by atoms with Gasteiger partial charge in [-0.1, -0.05) is 20.8 Å². The monoisotopic (exact) mass is 197 g/mol. The number of amidine groups is 1. The molecule has 3 atom stereocenters. The second kappa shape index (κ2) is 4.78. The predicted octanol–water partition coefficient (Wildman–Crippen LogP) is 1.54. The lowest BCUT2D eigenvalue weighted by Gasteiger charge is -2.36. The molecule has 0 aromatic rings. The summed E-state index contributed by atoms with van der Waals surface area (Å²) >= 11 is 0. The van der Waals surface area contributed by atoms with Crippen LogP contribution in [-0.4, -0.2) is 30.4 Å². The van der Waals surface area contributed by atoms with Gasteiger partial charge in [0.25, 0.3) is 0 Å². The minimum absolute atomic E-state index is 0.201. The molecule has 0 aromatic carbocycles. The Morgan fingerprint density at radius 2 is 1.93 bits per heavy atom. The van der Waals surface area contributed by atoms with E-state index >= 15 is 0 Å². The van der Waals surface area contributed by atoms with Crippen molar-refractivity contribution in [3.8, 4) is 0 Å². The van der Waals surface area contributed by atoms with E-state index in [1.165, 1.54) is 19.5 Å². The molecule has 1 heterocycles. The van der Waals surface area contributed by atoms with E-state index < -0.39 is 0 Å². The smallest absolute Gasteiger partial charge is 0.0947 e. The predicted molar refractivity (Wildman–Crippen MR) is 60.5 cm³/mol. The molecule has 3 heteroatoms. The van der Waals surface area contributed by atoms with Crippen LogP contribution in [0.4, 0.5) is 0 Å². The van der Waals surface area contributed by atoms with Crippen LogP contribution in [-0.2, 0) is 0 Å². The van der Waals surface area contributed by atoms with E-state index in [4.69, 9.17) is 11.1 Å². The van der Waals surface area contributed by atoms with Crippen molar-refractivity contribution in [2.24, 2.45) is 23.5 Å². The van der Waals surface area contributed by atoms with Crippen molar-refractivity contribution >= 4 is 5.84 Å². The fourth-order valence-electron chi connectivity index (χ4n) is 2.43. The normalized spacial score (nSPS) is 31.4. The first-order valence-electron chi connectivity index (χ1n) is 5.55. The number of hydrogen-bond acceptors (Lipinski definition) is 2. The maximum Gasteiger partial charge on any atom is 0.0947 e. The largest absolute Gasteiger partial charge is 0.387 e. The SMILES string of the molecule is CC1CC(C)CN(CC(C)C(=N)N)C1. The first-order chi connectivity index (χ1) is 6.49. The molecule has 1 aliphatic heterocycles. The van der Waals surface area contributed by atoms with Crippen molar-refractivity contribution < 1.29 is 0 Å². The molecule has 0 bridgehead atoms. The zero-order valence-electron chi connectivity index (χ0n) is 9.59. The van der Waals surface area contributed by atoms with Gasteiger partial charge in [-0.25, -0.2) is 0 Å². The Morgan fingerprint density at radius 3 is 2.36 bits per heavy atom. The van der Waals surface area contributed by atoms with E-state index in [0.29, 0.717) is 5.84 Å². The highest BCUT2D eigenvalue weighted by Crippen LogP contribution is 2.21. The van der Waals surface area contributed by atoms with Crippen LogP contribution in [0.2, 0.25) is 0 Å². The lowest BCUT2D eigenvalue weighted by molar-refractivity contribution is 0.134. The molecule has 1 fully saturated rings. The summed E-state index contributed by atoms with van der Waals surface area (Å²) in [5.41, 5.74) is 5.48. The molecule has 3 unspecified atom stereocenters. The minimum atomic E-state index is 0.201. The van der Waals surface area contributed by atoms with Crippen LogP contribution in [0.3, 0.4) is 0 Å². The molecular weight excluding hydrogens is 174 g/mol. The molecule has 0 spiro atoms. The number of rotatable bonds is 3. The van der Waals surface area contributed by atoms with E-state index in [1.807, 2.05) is 6.92 Å². The first kappa shape index (κ1) is 11.5. The highest BCUT2D eigenvalue weighted by Gasteiger charge is 2.23. The Hall–Kier alpha value is -0.570. The fourth-order valence-corrected chi connectivity index (χ4v) is 2.43. The van der Waals surface area contributed by atoms with E-state index in [9.17, 15) is 0 Å². The van der Waals surface area contributed by atoms with E-state index in [1.54, 1.807) is 0 Å². The van der Waals surface area contributed by atoms with Crippen molar-refractivity contribution in [1.29, 1.82) is 5.41 Å². The third kappa shape index (κ3) is 3.29. The Kier molecular flexibility index (Phi) is 3.93. The standard InChI is InChI=1S/C11H23N3/c1-8-4-9(2)6-14(5-8)7-10(3)11(12)13/h8-10H,4-7H2,1-3H3,(H3,12,13). The summed E-state index contributed by atoms with van der Waals surface area (Å²) in [5.74, 6) is 2.10. The quantitative estimate of drug-likeness (QED) is 0.532. The van der Waals surface area contributed by atoms with Gasteiger partial charge in [-0.05, 0) is 18.3 Å². The molecule has 82 valence electrons. The lowest BCUT2D eigenvalue weighted by Crippen LogP contribution is -2.43. The summed E-state index contributed by atoms with van der Waals surface area (Å²) in [7, 11) is 0. The van der Waals surface area contributed by atoms with Crippen LogP contribution in [0.25, 0.3) is 0 Å². The van der Waals surface area contributed by atoms with E-state index in [-0.39, 0.29) is 5.92 Å². The third-order valence-electron chi connectivity index (χ3n) is 3.01. The topological polar surface area (TPSA) is 53.1 Å². The highest BCUT2D eigenvalue weighted by atomic mass is 15.1. The maximum atomic E-state index is 7.37. The van der Waals surface area contributed by atoms with Crippen molar-refractivity contribution in [3.63, 3.8) is 0 Å². The van der Waals surface area contributed by atoms with Gasteiger partial charge in [-0.15, -0.1) is 0 Å². The molecule has 3 N–H and O–H groups in total. The van der Waals surface area contributed by atoms with Gasteiger partial charge in [0.1, 0.15) is 0 Å². The average Bonchev–Trinajstić information content (AvgIpc) is 2.01. The van der Waals surface area contributed by atoms with Crippen molar-refractivity contribution in [2.45, 2.75) is 27.2 Å². The molecule has 14 heavy (non-hydrogen) atoms. The minimum Gasteiger partial charge on any atom is -0.387 e. The van der Waals surface area contributed by atoms with Crippen molar-refractivity contribution in [2.75, 3.05) is 19.6 Å². The Bertz CT molecular complexity index is 193. The van der Waals surface area contributed by atoms with Crippen LogP contribution in [0, 0.1) is 23.2 Å². The second-order valence-electron chi connectivity index (χ2n) is 5.02. The second-order valence-corrected chi connectivity index (χ2v) is 5.02. The summed E-state index contributed by atoms with van der Waals surface area (Å²) in [5, 5.41) is 7.37. The Labute approximate surface area is 87.2 Å². The van der Waals surface area contributed by atoms with E-state index in [2.05, 4.69) is 18.7 Å². The van der Waals surface area contributed by atoms with Crippen LogP contribution in [0.5, 0.6) is 0 Å². The van der Waals surface area contributed by atoms with Gasteiger partial charge >= 0.3 is 0 Å². The summed E-state index contributed by atoms with van der Waals surface area (Å²) in [6.45, 7) is 9.93. The molecular formula is C11H23N3. The summed E-state index contributed by atoms with van der Waals surface area (Å²) in [4.78, 5) is 2.45. The molecule has 0 saturated carbocycles. The van der Waals surface area contributed by atoms with Crippen LogP contribution < -0.4 is 5.73 Å². The summed E-state index contributed by atoms with van der Waals surface area (Å²) < 4.78 is 0. The number of likely N-dealkylation sites (tertiary alicyclic amines) is 1. The molecule has 1 saturated heterocycles. The maximum absolute atomic E-state index is 7.37. The van der Waals surface area contributed by atoms with Gasteiger partial charge in [-0.2, -0.15) is 0 Å². The van der Waals surface area contributed by atoms with Gasteiger partial charge in [0.05, 0.1) is 5.84 Å². The first-order valence-corrected chi connectivity index (χ1v) is 5.55. The number of piperidine rings is 1. The zero-order chi connectivity index (χ0) is 10.7. The number of nitrogens with one attached hydrogen (secondary N) is 1. The van der Waals surface area contributed by atoms with Gasteiger partial charge in [0.15, 0.2) is 0 Å². The molecule has 0 amide bonds. The average molecular weight is 197 g/mol. The lowest BCUT2D eigenvalue weighted by atomic mass is 9.91. The molecule has 1 aliphatic rings. The van der Waals surface area contributed by atoms with Gasteiger partial charge in [0.2, 0.25) is 0 Å². The molecule has 0 aromatic heterocycles. The molecule has 1 rings (SSSR count). The zero-order valence-corrected chi connectivity index (χ0v) is 9.59. The van der Waals surface area contributed by atoms with Crippen molar-refractivity contribution in [3.05, 3.63) is 0 Å². The number of nitrogens with zero attached hydrogens (tertiary/aromatic N) is 1. The van der Waals surface area contributed by atoms with Crippen LogP contribution in [0.15, 0.2) is 0 Å².